The Kier molecular flexibility index (Phi) is 2.76. The van der Waals surface area contributed by atoms with E-state index in [4.69, 9.17) is 5.53 Å². The number of hydrogen-bond acceptors (Lipinski definition) is 2. The Balaban J connectivity index is 2.10. The van der Waals surface area contributed by atoms with Crippen molar-refractivity contribution < 1.29 is 4.79 Å². The molecule has 0 unspecified atom stereocenters. The molecule has 0 radical (unpaired) electrons. The molecule has 19 heavy (non-hydrogen) atoms. The van der Waals surface area contributed by atoms with E-state index in [0.29, 0.717) is 18.4 Å². The van der Waals surface area contributed by atoms with E-state index in [2.05, 4.69) is 15.0 Å². The highest BCUT2D eigenvalue weighted by molar-refractivity contribution is 6.12. The SMILES string of the molecule is [N-]=[N+]=NC1(C(=O)c2c[nH]c3ccccc23)CCCC1. The minimum absolute atomic E-state index is 0.0553. The van der Waals surface area contributed by atoms with Crippen LogP contribution in [0.3, 0.4) is 0 Å². The second kappa shape index (κ2) is 4.44. The first-order valence-electron chi connectivity index (χ1n) is 6.44. The van der Waals surface area contributed by atoms with Gasteiger partial charge < -0.3 is 4.98 Å². The van der Waals surface area contributed by atoms with E-state index in [1.807, 2.05) is 24.3 Å². The van der Waals surface area contributed by atoms with Crippen LogP contribution < -0.4 is 0 Å². The number of para-hydroxylation sites is 1. The third-order valence-electron chi connectivity index (χ3n) is 3.92. The van der Waals surface area contributed by atoms with E-state index < -0.39 is 5.54 Å². The van der Waals surface area contributed by atoms with E-state index in [1.54, 1.807) is 6.20 Å². The summed E-state index contributed by atoms with van der Waals surface area (Å²) in [6.45, 7) is 0. The summed E-state index contributed by atoms with van der Waals surface area (Å²) in [5.41, 5.74) is 9.43. The smallest absolute Gasteiger partial charge is 0.177 e. The molecule has 1 aromatic carbocycles. The van der Waals surface area contributed by atoms with Crippen molar-refractivity contribution in [2.75, 3.05) is 0 Å². The first kappa shape index (κ1) is 11.8. The van der Waals surface area contributed by atoms with Crippen LogP contribution in [0.4, 0.5) is 0 Å². The van der Waals surface area contributed by atoms with Crippen LogP contribution in [0.25, 0.3) is 21.3 Å². The number of nitrogens with one attached hydrogen (secondary N) is 1. The molecular formula is C14H14N4O. The van der Waals surface area contributed by atoms with Gasteiger partial charge in [-0.1, -0.05) is 36.2 Å². The molecule has 0 spiro atoms. The standard InChI is InChI=1S/C14H14N4O/c15-18-17-14(7-3-4-8-14)13(19)11-9-16-12-6-2-1-5-10(11)12/h1-2,5-6,9,16H,3-4,7-8H2. The summed E-state index contributed by atoms with van der Waals surface area (Å²) in [6, 6.07) is 7.67. The maximum Gasteiger partial charge on any atom is 0.177 e. The quantitative estimate of drug-likeness (QED) is 0.382. The molecule has 1 saturated carbocycles. The number of aromatic amines is 1. The van der Waals surface area contributed by atoms with Crippen molar-refractivity contribution in [3.8, 4) is 0 Å². The van der Waals surface area contributed by atoms with Crippen LogP contribution in [0.15, 0.2) is 35.6 Å². The van der Waals surface area contributed by atoms with Crippen molar-refractivity contribution in [2.24, 2.45) is 5.11 Å². The van der Waals surface area contributed by atoms with Gasteiger partial charge in [0.15, 0.2) is 5.78 Å². The van der Waals surface area contributed by atoms with Crippen LogP contribution in [-0.2, 0) is 0 Å². The number of H-pyrrole nitrogens is 1. The zero-order valence-corrected chi connectivity index (χ0v) is 10.5. The highest BCUT2D eigenvalue weighted by atomic mass is 16.1. The summed E-state index contributed by atoms with van der Waals surface area (Å²) in [5, 5.41) is 4.73. The molecule has 0 aliphatic heterocycles. The summed E-state index contributed by atoms with van der Waals surface area (Å²) in [6.07, 6.45) is 4.89. The van der Waals surface area contributed by atoms with Crippen molar-refractivity contribution in [3.63, 3.8) is 0 Å². The molecule has 1 aliphatic rings. The van der Waals surface area contributed by atoms with Crippen LogP contribution in [-0.4, -0.2) is 16.3 Å². The van der Waals surface area contributed by atoms with Crippen LogP contribution >= 0.6 is 0 Å². The summed E-state index contributed by atoms with van der Waals surface area (Å²) in [7, 11) is 0. The zero-order valence-electron chi connectivity index (χ0n) is 10.5. The second-order valence-electron chi connectivity index (χ2n) is 5.01. The Hall–Kier alpha value is -2.26. The third-order valence-corrected chi connectivity index (χ3v) is 3.92. The van der Waals surface area contributed by atoms with Gasteiger partial charge in [0.1, 0.15) is 5.54 Å². The van der Waals surface area contributed by atoms with Crippen molar-refractivity contribution in [1.82, 2.24) is 4.98 Å². The van der Waals surface area contributed by atoms with Gasteiger partial charge in [-0.05, 0) is 24.4 Å². The lowest BCUT2D eigenvalue weighted by molar-refractivity contribution is 0.0894. The molecule has 1 N–H and O–H groups in total. The highest BCUT2D eigenvalue weighted by Crippen LogP contribution is 2.37. The Morgan fingerprint density at radius 1 is 1.32 bits per heavy atom. The predicted molar refractivity (Wildman–Crippen MR) is 73.0 cm³/mol. The highest BCUT2D eigenvalue weighted by Gasteiger charge is 2.41. The summed E-state index contributed by atoms with van der Waals surface area (Å²) >= 11 is 0. The fourth-order valence-corrected chi connectivity index (χ4v) is 2.93. The number of carbonyl (C=O) groups is 1. The average molecular weight is 254 g/mol. The van der Waals surface area contributed by atoms with E-state index in [0.717, 1.165) is 23.7 Å². The van der Waals surface area contributed by atoms with Gasteiger partial charge in [-0.3, -0.25) is 4.79 Å². The van der Waals surface area contributed by atoms with Gasteiger partial charge in [-0.15, -0.1) is 0 Å². The van der Waals surface area contributed by atoms with Gasteiger partial charge in [-0.2, -0.15) is 0 Å². The number of aromatic nitrogens is 1. The minimum atomic E-state index is -0.875. The molecule has 1 heterocycles. The molecule has 5 heteroatoms. The van der Waals surface area contributed by atoms with Gasteiger partial charge >= 0.3 is 0 Å². The molecule has 5 nitrogen and oxygen atoms in total. The summed E-state index contributed by atoms with van der Waals surface area (Å²) in [5.74, 6) is -0.0553. The monoisotopic (exact) mass is 254 g/mol. The molecule has 1 aliphatic carbocycles. The van der Waals surface area contributed by atoms with Crippen LogP contribution in [0.5, 0.6) is 0 Å². The average Bonchev–Trinajstić information content (AvgIpc) is 3.05. The van der Waals surface area contributed by atoms with E-state index in [9.17, 15) is 4.79 Å². The predicted octanol–water partition coefficient (Wildman–Crippen LogP) is 3.97. The summed E-state index contributed by atoms with van der Waals surface area (Å²) in [4.78, 5) is 18.7. The lowest BCUT2D eigenvalue weighted by Gasteiger charge is -2.20. The van der Waals surface area contributed by atoms with Gasteiger partial charge in [0, 0.05) is 27.6 Å². The molecule has 96 valence electrons. The van der Waals surface area contributed by atoms with Gasteiger partial charge in [0.2, 0.25) is 0 Å². The number of ketones is 1. The molecule has 1 fully saturated rings. The van der Waals surface area contributed by atoms with Gasteiger partial charge in [-0.25, -0.2) is 0 Å². The largest absolute Gasteiger partial charge is 0.360 e. The molecule has 0 amide bonds. The van der Waals surface area contributed by atoms with Crippen LogP contribution in [0, 0.1) is 0 Å². The molecule has 3 rings (SSSR count). The Morgan fingerprint density at radius 3 is 2.79 bits per heavy atom. The maximum absolute atomic E-state index is 12.7. The lowest BCUT2D eigenvalue weighted by Crippen LogP contribution is -2.32. The maximum atomic E-state index is 12.7. The molecular weight excluding hydrogens is 240 g/mol. The fourth-order valence-electron chi connectivity index (χ4n) is 2.93. The van der Waals surface area contributed by atoms with E-state index in [-0.39, 0.29) is 5.78 Å². The number of rotatable bonds is 3. The third kappa shape index (κ3) is 1.79. The number of nitrogens with zero attached hydrogens (tertiary/aromatic N) is 3. The Bertz CT molecular complexity index is 676. The van der Waals surface area contributed by atoms with Crippen LogP contribution in [0.2, 0.25) is 0 Å². The second-order valence-corrected chi connectivity index (χ2v) is 5.01. The number of carbonyl (C=O) groups excluding carboxylic acids is 1. The molecule has 0 saturated heterocycles. The summed E-state index contributed by atoms with van der Waals surface area (Å²) < 4.78 is 0. The molecule has 2 aromatic rings. The van der Waals surface area contributed by atoms with Crippen molar-refractivity contribution in [3.05, 3.63) is 46.5 Å². The number of azide groups is 1. The topological polar surface area (TPSA) is 81.6 Å². The Morgan fingerprint density at radius 2 is 2.05 bits per heavy atom. The van der Waals surface area contributed by atoms with Gasteiger partial charge in [0.05, 0.1) is 0 Å². The fraction of sp³-hybridized carbons (Fsp3) is 0.357. The van der Waals surface area contributed by atoms with Crippen molar-refractivity contribution >= 4 is 16.7 Å². The number of Topliss-reactive ketones (excluding diaryl/α,β-unsaturated/α-hetero) is 1. The lowest BCUT2D eigenvalue weighted by atomic mass is 9.88. The zero-order chi connectivity index (χ0) is 13.3. The Labute approximate surface area is 110 Å². The van der Waals surface area contributed by atoms with E-state index >= 15 is 0 Å². The first-order valence-corrected chi connectivity index (χ1v) is 6.44. The first-order chi connectivity index (χ1) is 9.27. The van der Waals surface area contributed by atoms with Crippen molar-refractivity contribution in [2.45, 2.75) is 31.2 Å². The number of fused-ring (bicyclic) bond motifs is 1. The van der Waals surface area contributed by atoms with Crippen molar-refractivity contribution in [1.29, 1.82) is 0 Å². The number of hydrogen-bond donors (Lipinski definition) is 1. The molecule has 1 aromatic heterocycles. The molecule has 0 bridgehead atoms. The molecule has 0 atom stereocenters. The van der Waals surface area contributed by atoms with Crippen LogP contribution in [0.1, 0.15) is 36.0 Å². The normalized spacial score (nSPS) is 17.3. The van der Waals surface area contributed by atoms with E-state index in [1.165, 1.54) is 0 Å². The van der Waals surface area contributed by atoms with Gasteiger partial charge in [0.25, 0.3) is 0 Å². The minimum Gasteiger partial charge on any atom is -0.360 e. The number of benzene rings is 1.